The number of nitrogens with zero attached hydrogens (tertiary/aromatic N) is 2. The van der Waals surface area contributed by atoms with Crippen LogP contribution in [0, 0.1) is 5.92 Å². The van der Waals surface area contributed by atoms with Gasteiger partial charge in [0, 0.05) is 19.7 Å². The van der Waals surface area contributed by atoms with Gasteiger partial charge in [-0.05, 0) is 27.7 Å². The molecule has 0 spiro atoms. The molecule has 3 heterocycles. The Morgan fingerprint density at radius 2 is 2.23 bits per heavy atom. The van der Waals surface area contributed by atoms with Crippen LogP contribution in [0.5, 0.6) is 0 Å². The Kier molecular flexibility index (Phi) is 5.12. The fourth-order valence-corrected chi connectivity index (χ4v) is 4.59. The molecule has 3 aliphatic rings. The molecule has 0 bridgehead atoms. The van der Waals surface area contributed by atoms with E-state index in [4.69, 9.17) is 14.2 Å². The van der Waals surface area contributed by atoms with Gasteiger partial charge >= 0.3 is 6.09 Å². The number of hydrogen-bond acceptors (Lipinski definition) is 5. The maximum absolute atomic E-state index is 13.1. The lowest BCUT2D eigenvalue weighted by atomic mass is 9.82. The quantitative estimate of drug-likeness (QED) is 0.698. The number of likely N-dealkylation sites (N-methyl/N-ethyl adjacent to an activating group) is 1. The van der Waals surface area contributed by atoms with Crippen molar-refractivity contribution in [1.82, 2.24) is 9.80 Å². The zero-order chi connectivity index (χ0) is 19.1. The molecule has 0 N–H and O–H groups in total. The van der Waals surface area contributed by atoms with Gasteiger partial charge in [0.15, 0.2) is 6.23 Å². The summed E-state index contributed by atoms with van der Waals surface area (Å²) in [4.78, 5) is 29.1. The van der Waals surface area contributed by atoms with Crippen molar-refractivity contribution in [2.24, 2.45) is 5.92 Å². The Morgan fingerprint density at radius 1 is 1.50 bits per heavy atom. The van der Waals surface area contributed by atoms with Crippen LogP contribution in [0.2, 0.25) is 0 Å². The second-order valence-corrected chi connectivity index (χ2v) is 7.19. The van der Waals surface area contributed by atoms with Crippen molar-refractivity contribution < 1.29 is 23.8 Å². The zero-order valence-electron chi connectivity index (χ0n) is 15.9. The summed E-state index contributed by atoms with van der Waals surface area (Å²) in [6.45, 7) is 12.9. The highest BCUT2D eigenvalue weighted by Crippen LogP contribution is 2.48. The van der Waals surface area contributed by atoms with E-state index in [9.17, 15) is 9.59 Å². The lowest BCUT2D eigenvalue weighted by Gasteiger charge is -2.42. The standard InChI is InChI=1S/C19H28N2O5/c1-6-9-25-18(23)21-11-12(4)10-19(5)15(21)13-14(26-19)17(24-8-3)20(7-2)16(13)22/h6,10,13-15,17H,1,7-9,11H2,2-5H3/t13-,14-,15-,17+,19-/m0/s1. The van der Waals surface area contributed by atoms with Gasteiger partial charge in [0.05, 0.1) is 12.0 Å². The lowest BCUT2D eigenvalue weighted by Crippen LogP contribution is -2.58. The molecular formula is C19H28N2O5. The number of ether oxygens (including phenoxy) is 3. The van der Waals surface area contributed by atoms with Crippen LogP contribution in [0.25, 0.3) is 0 Å². The third-order valence-electron chi connectivity index (χ3n) is 5.35. The first kappa shape index (κ1) is 18.9. The number of rotatable bonds is 5. The molecule has 2 amide bonds. The Balaban J connectivity index is 1.97. The Labute approximate surface area is 154 Å². The molecule has 0 aromatic rings. The average Bonchev–Trinajstić information content (AvgIpc) is 3.02. The van der Waals surface area contributed by atoms with E-state index in [0.717, 1.165) is 5.57 Å². The Hall–Kier alpha value is -1.86. The van der Waals surface area contributed by atoms with E-state index in [-0.39, 0.29) is 12.5 Å². The molecule has 7 heteroatoms. The zero-order valence-corrected chi connectivity index (χ0v) is 15.9. The van der Waals surface area contributed by atoms with Gasteiger partial charge in [0.25, 0.3) is 0 Å². The summed E-state index contributed by atoms with van der Waals surface area (Å²) in [5.74, 6) is -0.490. The third kappa shape index (κ3) is 2.83. The largest absolute Gasteiger partial charge is 0.445 e. The third-order valence-corrected chi connectivity index (χ3v) is 5.35. The van der Waals surface area contributed by atoms with Gasteiger partial charge in [-0.2, -0.15) is 0 Å². The van der Waals surface area contributed by atoms with E-state index in [0.29, 0.717) is 19.7 Å². The van der Waals surface area contributed by atoms with Gasteiger partial charge in [-0.3, -0.25) is 9.69 Å². The van der Waals surface area contributed by atoms with Crippen LogP contribution in [-0.2, 0) is 19.0 Å². The second kappa shape index (κ2) is 7.04. The molecule has 0 unspecified atom stereocenters. The maximum atomic E-state index is 13.1. The molecule has 2 fully saturated rings. The molecule has 3 rings (SSSR count). The normalized spacial score (nSPS) is 35.8. The molecule has 3 aliphatic heterocycles. The van der Waals surface area contributed by atoms with Gasteiger partial charge < -0.3 is 19.1 Å². The van der Waals surface area contributed by atoms with E-state index >= 15 is 0 Å². The summed E-state index contributed by atoms with van der Waals surface area (Å²) in [5, 5.41) is 0. The highest BCUT2D eigenvalue weighted by molar-refractivity contribution is 5.85. The van der Waals surface area contributed by atoms with Crippen LogP contribution < -0.4 is 0 Å². The molecule has 2 saturated heterocycles. The van der Waals surface area contributed by atoms with Crippen molar-refractivity contribution in [3.8, 4) is 0 Å². The minimum Gasteiger partial charge on any atom is -0.445 e. The first-order valence-electron chi connectivity index (χ1n) is 9.20. The summed E-state index contributed by atoms with van der Waals surface area (Å²) in [6, 6.07) is -0.416. The number of amides is 2. The Bertz CT molecular complexity index is 633. The van der Waals surface area contributed by atoms with Crippen LogP contribution in [0.4, 0.5) is 4.79 Å². The smallest absolute Gasteiger partial charge is 0.410 e. The van der Waals surface area contributed by atoms with Crippen molar-refractivity contribution in [3.05, 3.63) is 24.3 Å². The first-order valence-corrected chi connectivity index (χ1v) is 9.20. The number of carbonyl (C=O) groups excluding carboxylic acids is 2. The molecule has 0 aromatic heterocycles. The van der Waals surface area contributed by atoms with Crippen molar-refractivity contribution >= 4 is 12.0 Å². The van der Waals surface area contributed by atoms with Crippen LogP contribution in [0.3, 0.4) is 0 Å². The SMILES string of the molecule is C=CCOC(=O)N1CC(C)=C[C@]2(C)O[C@H]3[C@H](C(=O)N(CC)[C@@H]3OCC)[C@H]12. The summed E-state index contributed by atoms with van der Waals surface area (Å²) in [5.41, 5.74) is 0.266. The number of carbonyl (C=O) groups is 2. The fourth-order valence-electron chi connectivity index (χ4n) is 4.59. The molecule has 0 aliphatic carbocycles. The summed E-state index contributed by atoms with van der Waals surface area (Å²) in [7, 11) is 0. The van der Waals surface area contributed by atoms with Crippen LogP contribution >= 0.6 is 0 Å². The molecule has 0 radical (unpaired) electrons. The van der Waals surface area contributed by atoms with E-state index in [1.54, 1.807) is 9.80 Å². The minimum atomic E-state index is -0.740. The van der Waals surface area contributed by atoms with E-state index in [1.165, 1.54) is 6.08 Å². The molecule has 144 valence electrons. The maximum Gasteiger partial charge on any atom is 0.410 e. The van der Waals surface area contributed by atoms with Crippen molar-refractivity contribution in [1.29, 1.82) is 0 Å². The fraction of sp³-hybridized carbons (Fsp3) is 0.684. The van der Waals surface area contributed by atoms with Gasteiger partial charge in [-0.15, -0.1) is 0 Å². The van der Waals surface area contributed by atoms with E-state index in [2.05, 4.69) is 6.58 Å². The average molecular weight is 364 g/mol. The van der Waals surface area contributed by atoms with Crippen molar-refractivity contribution in [2.75, 3.05) is 26.3 Å². The predicted octanol–water partition coefficient (Wildman–Crippen LogP) is 1.94. The lowest BCUT2D eigenvalue weighted by molar-refractivity contribution is -0.151. The molecular weight excluding hydrogens is 336 g/mol. The molecule has 26 heavy (non-hydrogen) atoms. The van der Waals surface area contributed by atoms with E-state index in [1.807, 2.05) is 33.8 Å². The number of likely N-dealkylation sites (tertiary alicyclic amines) is 1. The molecule has 5 atom stereocenters. The van der Waals surface area contributed by atoms with Crippen LogP contribution in [0.1, 0.15) is 27.7 Å². The topological polar surface area (TPSA) is 68.3 Å². The van der Waals surface area contributed by atoms with Crippen LogP contribution in [0.15, 0.2) is 24.3 Å². The summed E-state index contributed by atoms with van der Waals surface area (Å²) in [6.07, 6.45) is 2.27. The predicted molar refractivity (Wildman–Crippen MR) is 95.4 cm³/mol. The second-order valence-electron chi connectivity index (χ2n) is 7.19. The highest BCUT2D eigenvalue weighted by atomic mass is 16.6. The summed E-state index contributed by atoms with van der Waals surface area (Å²) >= 11 is 0. The molecule has 0 saturated carbocycles. The molecule has 7 nitrogen and oxygen atoms in total. The van der Waals surface area contributed by atoms with Crippen LogP contribution in [-0.4, -0.2) is 72.1 Å². The van der Waals surface area contributed by atoms with E-state index < -0.39 is 36.0 Å². The summed E-state index contributed by atoms with van der Waals surface area (Å²) < 4.78 is 17.5. The number of fused-ring (bicyclic) bond motifs is 3. The van der Waals surface area contributed by atoms with Gasteiger partial charge in [0.1, 0.15) is 18.3 Å². The van der Waals surface area contributed by atoms with Gasteiger partial charge in [-0.25, -0.2) is 4.79 Å². The highest BCUT2D eigenvalue weighted by Gasteiger charge is 2.66. The monoisotopic (exact) mass is 364 g/mol. The van der Waals surface area contributed by atoms with Gasteiger partial charge in [0.2, 0.25) is 5.91 Å². The molecule has 0 aromatic carbocycles. The first-order chi connectivity index (χ1) is 12.4. The number of hydrogen-bond donors (Lipinski definition) is 0. The van der Waals surface area contributed by atoms with Crippen molar-refractivity contribution in [2.45, 2.75) is 51.7 Å². The van der Waals surface area contributed by atoms with Gasteiger partial charge in [-0.1, -0.05) is 24.3 Å². The Morgan fingerprint density at radius 3 is 2.85 bits per heavy atom. The minimum absolute atomic E-state index is 0.0286. The van der Waals surface area contributed by atoms with Crippen molar-refractivity contribution in [3.63, 3.8) is 0 Å².